The van der Waals surface area contributed by atoms with E-state index < -0.39 is 0 Å². The van der Waals surface area contributed by atoms with Crippen LogP contribution in [0.15, 0.2) is 79.1 Å². The number of hydrogen-bond donors (Lipinski definition) is 1. The Morgan fingerprint density at radius 1 is 0.818 bits per heavy atom. The molecule has 0 spiro atoms. The summed E-state index contributed by atoms with van der Waals surface area (Å²) >= 11 is 5.91. The summed E-state index contributed by atoms with van der Waals surface area (Å²) < 4.78 is 2.28. The highest BCUT2D eigenvalue weighted by Crippen LogP contribution is 2.42. The van der Waals surface area contributed by atoms with Gasteiger partial charge in [-0.25, -0.2) is 0 Å². The lowest BCUT2D eigenvalue weighted by molar-refractivity contribution is 0.549. The molecule has 1 aliphatic heterocycles. The second kappa shape index (κ2) is 8.49. The fourth-order valence-electron chi connectivity index (χ4n) is 4.77. The third-order valence-electron chi connectivity index (χ3n) is 6.43. The molecule has 0 saturated carbocycles. The molecule has 3 heterocycles. The predicted molar refractivity (Wildman–Crippen MR) is 139 cm³/mol. The highest BCUT2D eigenvalue weighted by atomic mass is 32.1. The van der Waals surface area contributed by atoms with Crippen LogP contribution in [0, 0.1) is 27.7 Å². The first kappa shape index (κ1) is 21.4. The van der Waals surface area contributed by atoms with Crippen molar-refractivity contribution in [3.8, 4) is 5.69 Å². The molecule has 2 aromatic heterocycles. The van der Waals surface area contributed by atoms with E-state index in [-0.39, 0.29) is 12.1 Å². The number of pyridine rings is 1. The van der Waals surface area contributed by atoms with E-state index in [2.05, 4.69) is 108 Å². The maximum Gasteiger partial charge on any atom is 0.174 e. The first-order valence-electron chi connectivity index (χ1n) is 11.3. The molecule has 0 radical (unpaired) electrons. The molecule has 4 nitrogen and oxygen atoms in total. The van der Waals surface area contributed by atoms with E-state index >= 15 is 0 Å². The zero-order valence-corrected chi connectivity index (χ0v) is 20.2. The van der Waals surface area contributed by atoms with Gasteiger partial charge in [-0.1, -0.05) is 18.2 Å². The summed E-state index contributed by atoms with van der Waals surface area (Å²) in [5, 5.41) is 4.29. The molecule has 0 unspecified atom stereocenters. The topological polar surface area (TPSA) is 33.1 Å². The van der Waals surface area contributed by atoms with Crippen molar-refractivity contribution in [1.82, 2.24) is 14.9 Å². The molecule has 33 heavy (non-hydrogen) atoms. The van der Waals surface area contributed by atoms with Crippen LogP contribution in [0.5, 0.6) is 0 Å². The van der Waals surface area contributed by atoms with Gasteiger partial charge < -0.3 is 14.8 Å². The van der Waals surface area contributed by atoms with Crippen LogP contribution in [0.1, 0.15) is 45.7 Å². The Morgan fingerprint density at radius 2 is 1.61 bits per heavy atom. The van der Waals surface area contributed by atoms with E-state index in [0.717, 1.165) is 17.1 Å². The molecule has 1 aliphatic rings. The number of rotatable bonds is 4. The average molecular weight is 453 g/mol. The Balaban J connectivity index is 1.69. The lowest BCUT2D eigenvalue weighted by atomic mass is 10.00. The number of thiocarbonyl (C=S) groups is 1. The van der Waals surface area contributed by atoms with E-state index in [1.807, 2.05) is 18.3 Å². The molecule has 5 rings (SSSR count). The first-order valence-corrected chi connectivity index (χ1v) is 11.7. The smallest absolute Gasteiger partial charge is 0.174 e. The van der Waals surface area contributed by atoms with Crippen LogP contribution < -0.4 is 10.2 Å². The van der Waals surface area contributed by atoms with Crippen molar-refractivity contribution >= 4 is 23.0 Å². The molecular weight excluding hydrogens is 424 g/mol. The average Bonchev–Trinajstić information content (AvgIpc) is 3.40. The summed E-state index contributed by atoms with van der Waals surface area (Å²) in [6.45, 7) is 8.57. The van der Waals surface area contributed by atoms with E-state index in [9.17, 15) is 0 Å². The van der Waals surface area contributed by atoms with Crippen LogP contribution in [0.25, 0.3) is 5.69 Å². The highest BCUT2D eigenvalue weighted by molar-refractivity contribution is 7.80. The molecule has 1 N–H and O–H groups in total. The molecule has 0 bridgehead atoms. The minimum atomic E-state index is -0.0697. The quantitative estimate of drug-likeness (QED) is 0.369. The van der Waals surface area contributed by atoms with Crippen LogP contribution in [0.3, 0.4) is 0 Å². The van der Waals surface area contributed by atoms with Gasteiger partial charge >= 0.3 is 0 Å². The van der Waals surface area contributed by atoms with Crippen LogP contribution in [0.4, 0.5) is 5.69 Å². The number of nitrogens with one attached hydrogen (secondary N) is 1. The van der Waals surface area contributed by atoms with E-state index in [1.165, 1.54) is 27.9 Å². The summed E-state index contributed by atoms with van der Waals surface area (Å²) in [5.74, 6) is 0. The van der Waals surface area contributed by atoms with Gasteiger partial charge in [-0.05, 0) is 111 Å². The summed E-state index contributed by atoms with van der Waals surface area (Å²) in [6, 6.07) is 23.5. The van der Waals surface area contributed by atoms with Crippen molar-refractivity contribution < 1.29 is 0 Å². The zero-order valence-electron chi connectivity index (χ0n) is 19.4. The Bertz CT molecular complexity index is 1300. The summed E-state index contributed by atoms with van der Waals surface area (Å²) in [4.78, 5) is 6.94. The number of benzene rings is 2. The van der Waals surface area contributed by atoms with Crippen molar-refractivity contribution in [3.05, 3.63) is 113 Å². The van der Waals surface area contributed by atoms with Gasteiger partial charge in [-0.15, -0.1) is 0 Å². The second-order valence-electron chi connectivity index (χ2n) is 8.91. The van der Waals surface area contributed by atoms with E-state index in [0.29, 0.717) is 5.11 Å². The molecule has 5 heteroatoms. The molecule has 166 valence electrons. The molecular formula is C28H28N4S. The van der Waals surface area contributed by atoms with Crippen LogP contribution in [-0.2, 0) is 0 Å². The summed E-state index contributed by atoms with van der Waals surface area (Å²) in [5.41, 5.74) is 9.40. The molecule has 0 aliphatic carbocycles. The van der Waals surface area contributed by atoms with Crippen LogP contribution in [-0.4, -0.2) is 14.7 Å². The van der Waals surface area contributed by atoms with Gasteiger partial charge in [0.2, 0.25) is 0 Å². The summed E-state index contributed by atoms with van der Waals surface area (Å²) in [6.07, 6.45) is 3.98. The van der Waals surface area contributed by atoms with E-state index in [1.54, 1.807) is 0 Å². The maximum absolute atomic E-state index is 5.91. The Labute approximate surface area is 200 Å². The largest absolute Gasteiger partial charge is 0.351 e. The Morgan fingerprint density at radius 3 is 2.30 bits per heavy atom. The Hall–Kier alpha value is -3.44. The SMILES string of the molecule is Cc1cc(C)cc(N2C(=S)N[C@@H](c3ccccn3)[C@@H]2c2cccn2-c2ccc(C)c(C)c2)c1. The number of hydrogen-bond acceptors (Lipinski definition) is 2. The van der Waals surface area contributed by atoms with Gasteiger partial charge in [0.1, 0.15) is 6.04 Å². The molecule has 1 saturated heterocycles. The van der Waals surface area contributed by atoms with Crippen LogP contribution in [0.2, 0.25) is 0 Å². The van der Waals surface area contributed by atoms with Gasteiger partial charge in [-0.3, -0.25) is 4.98 Å². The minimum Gasteiger partial charge on any atom is -0.351 e. The van der Waals surface area contributed by atoms with Crippen molar-refractivity contribution in [2.45, 2.75) is 39.8 Å². The molecule has 0 amide bonds. The fraction of sp³-hybridized carbons (Fsp3) is 0.214. The zero-order chi connectivity index (χ0) is 23.1. The third-order valence-corrected chi connectivity index (χ3v) is 6.75. The Kier molecular flexibility index (Phi) is 5.51. The van der Waals surface area contributed by atoms with E-state index in [4.69, 9.17) is 12.2 Å². The van der Waals surface area contributed by atoms with Crippen molar-refractivity contribution in [2.75, 3.05) is 4.90 Å². The van der Waals surface area contributed by atoms with Crippen LogP contribution >= 0.6 is 12.2 Å². The lowest BCUT2D eigenvalue weighted by Gasteiger charge is -2.29. The van der Waals surface area contributed by atoms with Crippen molar-refractivity contribution in [2.24, 2.45) is 0 Å². The van der Waals surface area contributed by atoms with Crippen molar-refractivity contribution in [1.29, 1.82) is 0 Å². The molecule has 2 aromatic carbocycles. The highest BCUT2D eigenvalue weighted by Gasteiger charge is 2.42. The lowest BCUT2D eigenvalue weighted by Crippen LogP contribution is -2.30. The number of anilines is 1. The molecule has 4 aromatic rings. The van der Waals surface area contributed by atoms with Gasteiger partial charge in [0.25, 0.3) is 0 Å². The normalized spacial score (nSPS) is 17.9. The number of aryl methyl sites for hydroxylation is 4. The predicted octanol–water partition coefficient (Wildman–Crippen LogP) is 6.28. The third kappa shape index (κ3) is 3.93. The number of nitrogens with zero attached hydrogens (tertiary/aromatic N) is 3. The van der Waals surface area contributed by atoms with Gasteiger partial charge in [0.15, 0.2) is 5.11 Å². The first-order chi connectivity index (χ1) is 15.9. The van der Waals surface area contributed by atoms with Gasteiger partial charge in [0.05, 0.1) is 11.7 Å². The monoisotopic (exact) mass is 452 g/mol. The van der Waals surface area contributed by atoms with Gasteiger partial charge in [-0.2, -0.15) is 0 Å². The maximum atomic E-state index is 5.91. The summed E-state index contributed by atoms with van der Waals surface area (Å²) in [7, 11) is 0. The standard InChI is InChI=1S/C28H28N4S/c1-18-14-19(2)16-23(15-18)32-27(26(30-28(32)33)24-8-5-6-12-29-24)25-9-7-13-31(25)22-11-10-20(3)21(4)17-22/h5-17,26-27H,1-4H3,(H,30,33)/t26-,27-/m0/s1. The second-order valence-corrected chi connectivity index (χ2v) is 9.30. The van der Waals surface area contributed by atoms with Gasteiger partial charge in [0, 0.05) is 29.5 Å². The van der Waals surface area contributed by atoms with Crippen molar-refractivity contribution in [3.63, 3.8) is 0 Å². The minimum absolute atomic E-state index is 0.0507. The molecule has 2 atom stereocenters. The number of aromatic nitrogens is 2. The molecule has 1 fully saturated rings. The fourth-order valence-corrected chi connectivity index (χ4v) is 5.11.